The Morgan fingerprint density at radius 2 is 1.06 bits per heavy atom. The molecule has 0 heterocycles. The molecule has 2 atom stereocenters. The lowest BCUT2D eigenvalue weighted by atomic mass is 10.2. The number of carbonyl (C=O) groups is 2. The van der Waals surface area contributed by atoms with E-state index in [0.29, 0.717) is 0 Å². The minimum Gasteiger partial charge on any atom is -0.479 e. The van der Waals surface area contributed by atoms with Crippen molar-refractivity contribution in [3.63, 3.8) is 0 Å². The monoisotopic (exact) mass is 302 g/mol. The van der Waals surface area contributed by atoms with Crippen LogP contribution in [0.5, 0.6) is 0 Å². The van der Waals surface area contributed by atoms with E-state index in [1.54, 1.807) is 0 Å². The summed E-state index contributed by atoms with van der Waals surface area (Å²) in [7, 11) is -6.50. The second-order valence-corrected chi connectivity index (χ2v) is 9.66. The van der Waals surface area contributed by atoms with E-state index >= 15 is 0 Å². The summed E-state index contributed by atoms with van der Waals surface area (Å²) in [5.74, 6) is -3.31. The second-order valence-electron chi connectivity index (χ2n) is 4.23. The highest BCUT2D eigenvalue weighted by molar-refractivity contribution is 7.57. The van der Waals surface area contributed by atoms with E-state index in [1.165, 1.54) is 0 Å². The molecule has 0 aliphatic heterocycles. The maximum atomic E-state index is 11.4. The zero-order valence-electron chi connectivity index (χ0n) is 10.4. The lowest BCUT2D eigenvalue weighted by Gasteiger charge is -2.24. The molecular weight excluding hydrogens is 286 g/mol. The predicted molar refractivity (Wildman–Crippen MR) is 63.9 cm³/mol. The number of aliphatic carboxylic acids is 2. The fourth-order valence-corrected chi connectivity index (χ4v) is 2.50. The first-order valence-electron chi connectivity index (χ1n) is 4.76. The molecule has 0 aliphatic rings. The highest BCUT2D eigenvalue weighted by Gasteiger charge is 2.40. The lowest BCUT2D eigenvalue weighted by Crippen LogP contribution is -2.42. The first-order valence-corrected chi connectivity index (χ1v) is 9.80. The average molecular weight is 302 g/mol. The molecule has 0 spiro atoms. The van der Waals surface area contributed by atoms with Gasteiger partial charge in [0.05, 0.1) is 0 Å². The number of rotatable bonds is 7. The zero-order chi connectivity index (χ0) is 14.7. The molecule has 0 fully saturated rings. The zero-order valence-corrected chi connectivity index (χ0v) is 12.2. The van der Waals surface area contributed by atoms with E-state index < -0.39 is 38.9 Å². The third-order valence-corrected chi connectivity index (χ3v) is 2.97. The Morgan fingerprint density at radius 1 is 0.833 bits per heavy atom. The molecule has 0 saturated carbocycles. The van der Waals surface area contributed by atoms with Gasteiger partial charge in [0.25, 0.3) is 0 Å². The molecule has 2 unspecified atom stereocenters. The Kier molecular flexibility index (Phi) is 5.75. The highest BCUT2D eigenvalue weighted by atomic mass is 31.2. The van der Waals surface area contributed by atoms with Crippen LogP contribution >= 0.6 is 14.7 Å². The van der Waals surface area contributed by atoms with Crippen LogP contribution in [0.15, 0.2) is 0 Å². The van der Waals surface area contributed by atoms with Gasteiger partial charge in [0.15, 0.2) is 26.9 Å². The van der Waals surface area contributed by atoms with Gasteiger partial charge in [-0.1, -0.05) is 0 Å². The van der Waals surface area contributed by atoms with Crippen molar-refractivity contribution in [2.75, 3.05) is 26.7 Å². The van der Waals surface area contributed by atoms with Crippen LogP contribution in [0.25, 0.3) is 0 Å². The molecule has 0 aromatic heterocycles. The standard InChI is InChI=1S/C8H16O8P2/c1-17(2,13)15-5(7(9)10)6(8(11)12)16-18(3,4)14/h5-6H,1-4H3,(H,9,10)(H,11,12). The molecule has 0 aliphatic carbocycles. The Morgan fingerprint density at radius 3 is 1.17 bits per heavy atom. The van der Waals surface area contributed by atoms with Gasteiger partial charge in [-0.3, -0.25) is 9.13 Å². The first-order chi connectivity index (χ1) is 7.83. The van der Waals surface area contributed by atoms with Crippen LogP contribution < -0.4 is 0 Å². The third kappa shape index (κ3) is 6.91. The minimum absolute atomic E-state index is 1.14. The quantitative estimate of drug-likeness (QED) is 0.667. The molecular formula is C8H16O8P2. The largest absolute Gasteiger partial charge is 0.479 e. The van der Waals surface area contributed by atoms with E-state index in [2.05, 4.69) is 0 Å². The summed E-state index contributed by atoms with van der Waals surface area (Å²) in [4.78, 5) is 21.9. The van der Waals surface area contributed by atoms with Gasteiger partial charge in [-0.05, 0) is 0 Å². The molecule has 0 bridgehead atoms. The molecule has 10 heteroatoms. The van der Waals surface area contributed by atoms with Gasteiger partial charge in [-0.25, -0.2) is 9.59 Å². The lowest BCUT2D eigenvalue weighted by molar-refractivity contribution is -0.161. The summed E-state index contributed by atoms with van der Waals surface area (Å²) >= 11 is 0. The SMILES string of the molecule is CP(C)(=O)OC(C(=O)O)C(OP(C)(C)=O)C(=O)O. The normalized spacial score (nSPS) is 16.0. The highest BCUT2D eigenvalue weighted by Crippen LogP contribution is 2.44. The van der Waals surface area contributed by atoms with E-state index in [0.717, 1.165) is 26.7 Å². The number of hydrogen-bond donors (Lipinski definition) is 2. The molecule has 8 nitrogen and oxygen atoms in total. The van der Waals surface area contributed by atoms with Crippen LogP contribution in [0.4, 0.5) is 0 Å². The summed E-state index contributed by atoms with van der Waals surface area (Å²) < 4.78 is 32.2. The Bertz CT molecular complexity index is 379. The van der Waals surface area contributed by atoms with Crippen LogP contribution in [0, 0.1) is 0 Å². The third-order valence-electron chi connectivity index (χ3n) is 1.50. The maximum absolute atomic E-state index is 11.4. The molecule has 0 rings (SSSR count). The summed E-state index contributed by atoms with van der Waals surface area (Å²) in [6.45, 7) is 4.55. The number of hydrogen-bond acceptors (Lipinski definition) is 6. The summed E-state index contributed by atoms with van der Waals surface area (Å²) in [6, 6.07) is 0. The average Bonchev–Trinajstić information content (AvgIpc) is 2.06. The van der Waals surface area contributed by atoms with E-state index in [1.807, 2.05) is 0 Å². The van der Waals surface area contributed by atoms with Gasteiger partial charge in [0.1, 0.15) is 0 Å². The molecule has 0 aromatic rings. The van der Waals surface area contributed by atoms with Crippen LogP contribution in [0.3, 0.4) is 0 Å². The smallest absolute Gasteiger partial charge is 0.336 e. The van der Waals surface area contributed by atoms with Crippen molar-refractivity contribution < 1.29 is 38.0 Å². The molecule has 2 N–H and O–H groups in total. The van der Waals surface area contributed by atoms with E-state index in [9.17, 15) is 18.7 Å². The van der Waals surface area contributed by atoms with Crippen LogP contribution in [-0.2, 0) is 27.8 Å². The molecule has 0 amide bonds. The summed E-state index contributed by atoms with van der Waals surface area (Å²) in [5.41, 5.74) is 0. The van der Waals surface area contributed by atoms with Crippen molar-refractivity contribution in [3.05, 3.63) is 0 Å². The molecule has 106 valence electrons. The van der Waals surface area contributed by atoms with Crippen LogP contribution in [0.2, 0.25) is 0 Å². The second kappa shape index (κ2) is 5.97. The van der Waals surface area contributed by atoms with Crippen molar-refractivity contribution in [1.29, 1.82) is 0 Å². The molecule has 0 saturated heterocycles. The Hall–Kier alpha value is -0.680. The van der Waals surface area contributed by atoms with Crippen LogP contribution in [-0.4, -0.2) is 61.0 Å². The van der Waals surface area contributed by atoms with Gasteiger partial charge in [0.2, 0.25) is 0 Å². The number of carboxylic acids is 2. The molecule has 0 radical (unpaired) electrons. The first kappa shape index (κ1) is 17.3. The molecule has 0 aromatic carbocycles. The number of carboxylic acid groups (broad SMARTS) is 2. The van der Waals surface area contributed by atoms with Gasteiger partial charge in [-0.15, -0.1) is 0 Å². The van der Waals surface area contributed by atoms with Crippen molar-refractivity contribution >= 4 is 26.7 Å². The van der Waals surface area contributed by atoms with Crippen molar-refractivity contribution in [3.8, 4) is 0 Å². The van der Waals surface area contributed by atoms with Gasteiger partial charge >= 0.3 is 11.9 Å². The fraction of sp³-hybridized carbons (Fsp3) is 0.750. The van der Waals surface area contributed by atoms with E-state index in [4.69, 9.17) is 19.3 Å². The molecule has 18 heavy (non-hydrogen) atoms. The van der Waals surface area contributed by atoms with Gasteiger partial charge in [-0.2, -0.15) is 0 Å². The topological polar surface area (TPSA) is 127 Å². The Labute approximate surface area is 104 Å². The van der Waals surface area contributed by atoms with Crippen molar-refractivity contribution in [2.24, 2.45) is 0 Å². The van der Waals surface area contributed by atoms with Gasteiger partial charge in [0, 0.05) is 26.7 Å². The maximum Gasteiger partial charge on any atom is 0.336 e. The van der Waals surface area contributed by atoms with Crippen LogP contribution in [0.1, 0.15) is 0 Å². The summed E-state index contributed by atoms with van der Waals surface area (Å²) in [6.07, 6.45) is -3.98. The Balaban J connectivity index is 5.26. The van der Waals surface area contributed by atoms with Crippen molar-refractivity contribution in [2.45, 2.75) is 12.2 Å². The fourth-order valence-electron chi connectivity index (χ4n) is 1.01. The summed E-state index contributed by atoms with van der Waals surface area (Å²) in [5, 5.41) is 17.7. The predicted octanol–water partition coefficient (Wildman–Crippen LogP) is 1.00. The van der Waals surface area contributed by atoms with E-state index in [-0.39, 0.29) is 0 Å². The van der Waals surface area contributed by atoms with Crippen molar-refractivity contribution in [1.82, 2.24) is 0 Å². The van der Waals surface area contributed by atoms with Gasteiger partial charge < -0.3 is 19.3 Å². The minimum atomic E-state index is -3.25.